The largest absolute Gasteiger partial charge is 0.382 e. The first-order valence-electron chi connectivity index (χ1n) is 4.00. The molecule has 72 valence electrons. The summed E-state index contributed by atoms with van der Waals surface area (Å²) in [5.74, 6) is 0. The molecule has 0 aliphatic carbocycles. The number of rotatable bonds is 7. The number of hydrogen-bond acceptors (Lipinski definition) is 3. The van der Waals surface area contributed by atoms with Gasteiger partial charge in [0.15, 0.2) is 0 Å². The molecule has 0 aliphatic heterocycles. The zero-order valence-electron chi connectivity index (χ0n) is 8.08. The van der Waals surface area contributed by atoms with E-state index in [4.69, 9.17) is 14.2 Å². The van der Waals surface area contributed by atoms with E-state index in [-0.39, 0.29) is 12.2 Å². The minimum Gasteiger partial charge on any atom is -0.382 e. The van der Waals surface area contributed by atoms with Crippen LogP contribution in [-0.4, -0.2) is 39.6 Å². The Balaban J connectivity index is 3.49. The first kappa shape index (κ1) is 11.6. The Morgan fingerprint density at radius 2 is 2.00 bits per heavy atom. The van der Waals surface area contributed by atoms with Gasteiger partial charge in [0.05, 0.1) is 19.3 Å². The third kappa shape index (κ3) is 5.29. The molecular weight excluding hydrogens is 156 g/mol. The molecule has 3 heteroatoms. The summed E-state index contributed by atoms with van der Waals surface area (Å²) in [5.41, 5.74) is 0. The average molecular weight is 174 g/mol. The lowest BCUT2D eigenvalue weighted by Gasteiger charge is -2.16. The fraction of sp³-hybridized carbons (Fsp3) is 0.778. The second kappa shape index (κ2) is 7.28. The predicted octanol–water partition coefficient (Wildman–Crippen LogP) is 1.24. The van der Waals surface area contributed by atoms with Crippen molar-refractivity contribution in [2.75, 3.05) is 27.4 Å². The van der Waals surface area contributed by atoms with Crippen molar-refractivity contribution in [2.45, 2.75) is 19.1 Å². The molecule has 3 nitrogen and oxygen atoms in total. The summed E-state index contributed by atoms with van der Waals surface area (Å²) in [6.07, 6.45) is 1.83. The third-order valence-electron chi connectivity index (χ3n) is 1.56. The van der Waals surface area contributed by atoms with Crippen LogP contribution in [0.3, 0.4) is 0 Å². The molecule has 0 spiro atoms. The van der Waals surface area contributed by atoms with Gasteiger partial charge >= 0.3 is 0 Å². The fourth-order valence-corrected chi connectivity index (χ4v) is 0.697. The van der Waals surface area contributed by atoms with E-state index in [0.717, 1.165) is 0 Å². The van der Waals surface area contributed by atoms with Gasteiger partial charge in [-0.2, -0.15) is 0 Å². The second-order valence-corrected chi connectivity index (χ2v) is 2.59. The van der Waals surface area contributed by atoms with Gasteiger partial charge in [-0.25, -0.2) is 0 Å². The summed E-state index contributed by atoms with van der Waals surface area (Å²) in [4.78, 5) is 0. The summed E-state index contributed by atoms with van der Waals surface area (Å²) in [5, 5.41) is 0. The van der Waals surface area contributed by atoms with E-state index in [9.17, 15) is 0 Å². The maximum atomic E-state index is 5.37. The van der Waals surface area contributed by atoms with E-state index in [2.05, 4.69) is 6.58 Å². The lowest BCUT2D eigenvalue weighted by atomic mass is 10.3. The Hall–Kier alpha value is -0.380. The van der Waals surface area contributed by atoms with Crippen molar-refractivity contribution < 1.29 is 14.2 Å². The van der Waals surface area contributed by atoms with Crippen LogP contribution >= 0.6 is 0 Å². The molecule has 0 saturated carbocycles. The summed E-state index contributed by atoms with van der Waals surface area (Å²) in [6.45, 7) is 6.65. The number of methoxy groups -OCH3 is 2. The van der Waals surface area contributed by atoms with Crippen molar-refractivity contribution in [3.63, 3.8) is 0 Å². The molecule has 2 atom stereocenters. The van der Waals surface area contributed by atoms with E-state index in [1.54, 1.807) is 20.3 Å². The predicted molar refractivity (Wildman–Crippen MR) is 48.3 cm³/mol. The van der Waals surface area contributed by atoms with Crippen molar-refractivity contribution in [1.29, 1.82) is 0 Å². The molecule has 0 amide bonds. The molecular formula is C9H18O3. The normalized spacial score (nSPS) is 15.6. The van der Waals surface area contributed by atoms with E-state index >= 15 is 0 Å². The van der Waals surface area contributed by atoms with Crippen LogP contribution in [-0.2, 0) is 14.2 Å². The highest BCUT2D eigenvalue weighted by molar-refractivity contribution is 4.75. The van der Waals surface area contributed by atoms with Gasteiger partial charge in [0.25, 0.3) is 0 Å². The first-order chi connectivity index (χ1) is 5.74. The fourth-order valence-electron chi connectivity index (χ4n) is 0.697. The molecule has 0 aromatic carbocycles. The Labute approximate surface area is 74.3 Å². The van der Waals surface area contributed by atoms with E-state index < -0.39 is 0 Å². The minimum atomic E-state index is 0.0115. The molecule has 0 aliphatic rings. The van der Waals surface area contributed by atoms with Crippen LogP contribution in [0.25, 0.3) is 0 Å². The maximum Gasteiger partial charge on any atom is 0.104 e. The summed E-state index contributed by atoms with van der Waals surface area (Å²) >= 11 is 0. The SMILES string of the molecule is C=CC(C)OCC(COC)OC. The summed E-state index contributed by atoms with van der Waals surface area (Å²) < 4.78 is 15.4. The van der Waals surface area contributed by atoms with Crippen LogP contribution in [0.15, 0.2) is 12.7 Å². The smallest absolute Gasteiger partial charge is 0.104 e. The number of hydrogen-bond donors (Lipinski definition) is 0. The van der Waals surface area contributed by atoms with Gasteiger partial charge in [0.1, 0.15) is 6.10 Å². The van der Waals surface area contributed by atoms with Crippen molar-refractivity contribution in [3.8, 4) is 0 Å². The highest BCUT2D eigenvalue weighted by Crippen LogP contribution is 1.97. The Kier molecular flexibility index (Phi) is 7.05. The monoisotopic (exact) mass is 174 g/mol. The van der Waals surface area contributed by atoms with Crippen LogP contribution in [0, 0.1) is 0 Å². The summed E-state index contributed by atoms with van der Waals surface area (Å²) in [6, 6.07) is 0. The molecule has 0 aromatic rings. The van der Waals surface area contributed by atoms with Crippen molar-refractivity contribution >= 4 is 0 Å². The molecule has 0 saturated heterocycles. The van der Waals surface area contributed by atoms with Crippen molar-refractivity contribution in [1.82, 2.24) is 0 Å². The van der Waals surface area contributed by atoms with Gasteiger partial charge in [-0.05, 0) is 6.92 Å². The Morgan fingerprint density at radius 3 is 2.42 bits per heavy atom. The Bertz CT molecular complexity index is 114. The van der Waals surface area contributed by atoms with Gasteiger partial charge in [0.2, 0.25) is 0 Å². The Morgan fingerprint density at radius 1 is 1.33 bits per heavy atom. The van der Waals surface area contributed by atoms with Crippen molar-refractivity contribution in [2.24, 2.45) is 0 Å². The standard InChI is InChI=1S/C9H18O3/c1-5-8(2)12-7-9(11-4)6-10-3/h5,8-9H,1,6-7H2,2-4H3. The maximum absolute atomic E-state index is 5.37. The van der Waals surface area contributed by atoms with E-state index in [1.807, 2.05) is 6.92 Å². The molecule has 0 rings (SSSR count). The molecule has 0 aromatic heterocycles. The topological polar surface area (TPSA) is 27.7 Å². The number of ether oxygens (including phenoxy) is 3. The minimum absolute atomic E-state index is 0.0115. The molecule has 0 fully saturated rings. The third-order valence-corrected chi connectivity index (χ3v) is 1.56. The molecule has 0 radical (unpaired) electrons. The zero-order valence-corrected chi connectivity index (χ0v) is 8.08. The van der Waals surface area contributed by atoms with Gasteiger partial charge in [-0.1, -0.05) is 6.08 Å². The van der Waals surface area contributed by atoms with Crippen molar-refractivity contribution in [3.05, 3.63) is 12.7 Å². The molecule has 0 heterocycles. The highest BCUT2D eigenvalue weighted by atomic mass is 16.6. The van der Waals surface area contributed by atoms with Crippen LogP contribution in [0.1, 0.15) is 6.92 Å². The zero-order chi connectivity index (χ0) is 9.40. The summed E-state index contributed by atoms with van der Waals surface area (Å²) in [7, 11) is 3.29. The highest BCUT2D eigenvalue weighted by Gasteiger charge is 2.07. The molecule has 2 unspecified atom stereocenters. The van der Waals surface area contributed by atoms with Crippen LogP contribution < -0.4 is 0 Å². The van der Waals surface area contributed by atoms with Crippen LogP contribution in [0.2, 0.25) is 0 Å². The lowest BCUT2D eigenvalue weighted by Crippen LogP contribution is -2.25. The second-order valence-electron chi connectivity index (χ2n) is 2.59. The molecule has 0 N–H and O–H groups in total. The van der Waals surface area contributed by atoms with E-state index in [1.165, 1.54) is 0 Å². The van der Waals surface area contributed by atoms with Crippen LogP contribution in [0.5, 0.6) is 0 Å². The van der Waals surface area contributed by atoms with Crippen LogP contribution in [0.4, 0.5) is 0 Å². The van der Waals surface area contributed by atoms with Gasteiger partial charge < -0.3 is 14.2 Å². The van der Waals surface area contributed by atoms with Gasteiger partial charge in [-0.3, -0.25) is 0 Å². The van der Waals surface area contributed by atoms with E-state index in [0.29, 0.717) is 13.2 Å². The molecule has 12 heavy (non-hydrogen) atoms. The lowest BCUT2D eigenvalue weighted by molar-refractivity contribution is -0.0404. The quantitative estimate of drug-likeness (QED) is 0.543. The van der Waals surface area contributed by atoms with Gasteiger partial charge in [0, 0.05) is 14.2 Å². The van der Waals surface area contributed by atoms with Gasteiger partial charge in [-0.15, -0.1) is 6.58 Å². The average Bonchev–Trinajstić information content (AvgIpc) is 2.11. The molecule has 0 bridgehead atoms. The first-order valence-corrected chi connectivity index (χ1v) is 4.00.